The van der Waals surface area contributed by atoms with E-state index in [1.165, 1.54) is 5.56 Å². The lowest BCUT2D eigenvalue weighted by Crippen LogP contribution is -2.46. The number of aliphatic hydroxyl groups excluding tert-OH is 1. The van der Waals surface area contributed by atoms with Crippen LogP contribution < -0.4 is 4.74 Å². The monoisotopic (exact) mass is 378 g/mol. The van der Waals surface area contributed by atoms with Crippen LogP contribution in [0.1, 0.15) is 37.6 Å². The molecule has 0 aliphatic carbocycles. The van der Waals surface area contributed by atoms with Gasteiger partial charge in [0.05, 0.1) is 24.9 Å². The molecule has 1 unspecified atom stereocenters. The number of ether oxygens (including phenoxy) is 1. The Bertz CT molecular complexity index is 976. The Morgan fingerprint density at radius 1 is 1.00 bits per heavy atom. The minimum Gasteiger partial charge on any atom is -0.496 e. The normalized spacial score (nSPS) is 14.3. The Hall–Kier alpha value is -2.43. The number of methoxy groups -OCH3 is 1. The van der Waals surface area contributed by atoms with Gasteiger partial charge in [-0.05, 0) is 49.3 Å². The zero-order chi connectivity index (χ0) is 20.5. The SMILES string of the molecule is COc1ccc(C(C)(C)C)cc1C(CO)(c1ccc2ccccc2n1)N(C)C. The summed E-state index contributed by atoms with van der Waals surface area (Å²) in [4.78, 5) is 6.95. The second-order valence-electron chi connectivity index (χ2n) is 8.47. The number of rotatable bonds is 5. The van der Waals surface area contributed by atoms with Gasteiger partial charge in [-0.1, -0.05) is 51.1 Å². The molecule has 2 aromatic carbocycles. The summed E-state index contributed by atoms with van der Waals surface area (Å²) in [6, 6.07) is 18.3. The third-order valence-corrected chi connectivity index (χ3v) is 5.53. The molecule has 0 spiro atoms. The van der Waals surface area contributed by atoms with Gasteiger partial charge in [0.25, 0.3) is 0 Å². The fraction of sp³-hybridized carbons (Fsp3) is 0.375. The lowest BCUT2D eigenvalue weighted by atomic mass is 9.79. The second-order valence-corrected chi connectivity index (χ2v) is 8.47. The van der Waals surface area contributed by atoms with Gasteiger partial charge in [0, 0.05) is 10.9 Å². The highest BCUT2D eigenvalue weighted by atomic mass is 16.5. The van der Waals surface area contributed by atoms with Crippen LogP contribution in [0.5, 0.6) is 5.75 Å². The van der Waals surface area contributed by atoms with Crippen molar-refractivity contribution in [1.29, 1.82) is 0 Å². The highest BCUT2D eigenvalue weighted by molar-refractivity contribution is 5.78. The van der Waals surface area contributed by atoms with Crippen LogP contribution in [0.25, 0.3) is 10.9 Å². The number of benzene rings is 2. The molecular weight excluding hydrogens is 348 g/mol. The van der Waals surface area contributed by atoms with E-state index in [2.05, 4.69) is 39.0 Å². The highest BCUT2D eigenvalue weighted by Crippen LogP contribution is 2.41. The van der Waals surface area contributed by atoms with Crippen LogP contribution in [-0.2, 0) is 11.0 Å². The van der Waals surface area contributed by atoms with Gasteiger partial charge in [-0.25, -0.2) is 0 Å². The van der Waals surface area contributed by atoms with Crippen LogP contribution >= 0.6 is 0 Å². The number of likely N-dealkylation sites (N-methyl/N-ethyl adjacent to an activating group) is 1. The van der Waals surface area contributed by atoms with Gasteiger partial charge in [-0.3, -0.25) is 9.88 Å². The van der Waals surface area contributed by atoms with Gasteiger partial charge in [-0.15, -0.1) is 0 Å². The van der Waals surface area contributed by atoms with Gasteiger partial charge >= 0.3 is 0 Å². The van der Waals surface area contributed by atoms with Crippen molar-refractivity contribution in [3.05, 3.63) is 71.4 Å². The van der Waals surface area contributed by atoms with E-state index in [-0.39, 0.29) is 12.0 Å². The summed E-state index contributed by atoms with van der Waals surface area (Å²) >= 11 is 0. The second kappa shape index (κ2) is 7.53. The number of hydrogen-bond donors (Lipinski definition) is 1. The molecule has 1 N–H and O–H groups in total. The number of fused-ring (bicyclic) bond motifs is 1. The first-order valence-corrected chi connectivity index (χ1v) is 9.57. The maximum Gasteiger partial charge on any atom is 0.124 e. The molecule has 1 aromatic heterocycles. The lowest BCUT2D eigenvalue weighted by molar-refractivity contribution is 0.0950. The molecule has 0 saturated heterocycles. The molecule has 0 saturated carbocycles. The van der Waals surface area contributed by atoms with Crippen molar-refractivity contribution in [3.8, 4) is 5.75 Å². The number of pyridine rings is 1. The highest BCUT2D eigenvalue weighted by Gasteiger charge is 2.41. The first-order chi connectivity index (χ1) is 13.2. The zero-order valence-electron chi connectivity index (χ0n) is 17.7. The van der Waals surface area contributed by atoms with Crippen LogP contribution in [0.15, 0.2) is 54.6 Å². The van der Waals surface area contributed by atoms with E-state index in [0.29, 0.717) is 0 Å². The Labute approximate surface area is 167 Å². The summed E-state index contributed by atoms with van der Waals surface area (Å²) in [6.45, 7) is 6.44. The zero-order valence-corrected chi connectivity index (χ0v) is 17.7. The van der Waals surface area contributed by atoms with Gasteiger partial charge in [0.1, 0.15) is 11.3 Å². The summed E-state index contributed by atoms with van der Waals surface area (Å²) in [6.07, 6.45) is 0. The van der Waals surface area contributed by atoms with E-state index in [9.17, 15) is 5.11 Å². The molecular formula is C24H30N2O2. The van der Waals surface area contributed by atoms with Gasteiger partial charge in [-0.2, -0.15) is 0 Å². The number of hydrogen-bond acceptors (Lipinski definition) is 4. The molecule has 148 valence electrons. The van der Waals surface area contributed by atoms with Crippen LogP contribution in [0.2, 0.25) is 0 Å². The van der Waals surface area contributed by atoms with Gasteiger partial charge in [0.2, 0.25) is 0 Å². The van der Waals surface area contributed by atoms with E-state index in [1.807, 2.05) is 55.4 Å². The predicted molar refractivity (Wildman–Crippen MR) is 115 cm³/mol. The van der Waals surface area contributed by atoms with Crippen molar-refractivity contribution in [2.24, 2.45) is 0 Å². The molecule has 4 heteroatoms. The Morgan fingerprint density at radius 2 is 1.71 bits per heavy atom. The molecule has 4 nitrogen and oxygen atoms in total. The Kier molecular flexibility index (Phi) is 5.46. The van der Waals surface area contributed by atoms with Gasteiger partial charge < -0.3 is 9.84 Å². The van der Waals surface area contributed by atoms with Crippen molar-refractivity contribution in [3.63, 3.8) is 0 Å². The average Bonchev–Trinajstić information content (AvgIpc) is 2.68. The fourth-order valence-corrected chi connectivity index (χ4v) is 3.71. The lowest BCUT2D eigenvalue weighted by Gasteiger charge is -2.40. The van der Waals surface area contributed by atoms with Crippen molar-refractivity contribution >= 4 is 10.9 Å². The quantitative estimate of drug-likeness (QED) is 0.717. The number of aliphatic hydroxyl groups is 1. The maximum atomic E-state index is 10.7. The van der Waals surface area contributed by atoms with E-state index in [4.69, 9.17) is 9.72 Å². The minimum atomic E-state index is -0.823. The topological polar surface area (TPSA) is 45.6 Å². The van der Waals surface area contributed by atoms with Crippen LogP contribution in [0.4, 0.5) is 0 Å². The summed E-state index contributed by atoms with van der Waals surface area (Å²) in [7, 11) is 5.60. The van der Waals surface area contributed by atoms with Gasteiger partial charge in [0.15, 0.2) is 0 Å². The van der Waals surface area contributed by atoms with Crippen LogP contribution in [0, 0.1) is 0 Å². The fourth-order valence-electron chi connectivity index (χ4n) is 3.71. The van der Waals surface area contributed by atoms with E-state index in [0.717, 1.165) is 27.9 Å². The van der Waals surface area contributed by atoms with Crippen molar-refractivity contribution in [2.45, 2.75) is 31.7 Å². The molecule has 1 heterocycles. The number of para-hydroxylation sites is 1. The summed E-state index contributed by atoms with van der Waals surface area (Å²) in [5.74, 6) is 0.741. The van der Waals surface area contributed by atoms with E-state index in [1.54, 1.807) is 7.11 Å². The van der Waals surface area contributed by atoms with Crippen molar-refractivity contribution < 1.29 is 9.84 Å². The molecule has 0 fully saturated rings. The molecule has 28 heavy (non-hydrogen) atoms. The maximum absolute atomic E-state index is 10.7. The molecule has 3 aromatic rings. The molecule has 0 aliphatic heterocycles. The smallest absolute Gasteiger partial charge is 0.124 e. The summed E-state index contributed by atoms with van der Waals surface area (Å²) < 4.78 is 5.71. The summed E-state index contributed by atoms with van der Waals surface area (Å²) in [5, 5.41) is 11.8. The average molecular weight is 379 g/mol. The standard InChI is InChI=1S/C24H30N2O2/c1-23(2,3)18-12-13-21(28-6)19(15-18)24(16-27,26(4)5)22-14-11-17-9-7-8-10-20(17)25-22/h7-15,27H,16H2,1-6H3. The van der Waals surface area contributed by atoms with E-state index >= 15 is 0 Å². The first kappa shape index (κ1) is 20.3. The van der Waals surface area contributed by atoms with Crippen molar-refractivity contribution in [1.82, 2.24) is 9.88 Å². The largest absolute Gasteiger partial charge is 0.496 e. The third kappa shape index (κ3) is 3.38. The summed E-state index contributed by atoms with van der Waals surface area (Å²) in [5.41, 5.74) is 2.96. The first-order valence-electron chi connectivity index (χ1n) is 9.57. The Morgan fingerprint density at radius 3 is 2.32 bits per heavy atom. The molecule has 0 bridgehead atoms. The number of aromatic nitrogens is 1. The predicted octanol–water partition coefficient (Wildman–Crippen LogP) is 4.34. The molecule has 0 radical (unpaired) electrons. The minimum absolute atomic E-state index is 0.0225. The number of nitrogens with zero attached hydrogens (tertiary/aromatic N) is 2. The van der Waals surface area contributed by atoms with Crippen molar-refractivity contribution in [2.75, 3.05) is 27.8 Å². The van der Waals surface area contributed by atoms with E-state index < -0.39 is 5.54 Å². The molecule has 0 aliphatic rings. The molecule has 1 atom stereocenters. The van der Waals surface area contributed by atoms with Crippen LogP contribution in [0.3, 0.4) is 0 Å². The van der Waals surface area contributed by atoms with Crippen LogP contribution in [-0.4, -0.2) is 42.8 Å². The molecule has 0 amide bonds. The Balaban J connectivity index is 2.32. The third-order valence-electron chi connectivity index (χ3n) is 5.53. The molecule has 3 rings (SSSR count).